The predicted octanol–water partition coefficient (Wildman–Crippen LogP) is 1.89. The number of hydrogen-bond donors (Lipinski definition) is 1. The van der Waals surface area contributed by atoms with Crippen molar-refractivity contribution in [3.05, 3.63) is 17.2 Å². The zero-order valence-electron chi connectivity index (χ0n) is 12.7. The first-order valence-corrected chi connectivity index (χ1v) is 8.97. The third kappa shape index (κ3) is 3.39. The van der Waals surface area contributed by atoms with Crippen molar-refractivity contribution in [2.24, 2.45) is 11.1 Å². The van der Waals surface area contributed by atoms with Gasteiger partial charge in [-0.25, -0.2) is 8.42 Å². The Hall–Kier alpha value is -0.730. The summed E-state index contributed by atoms with van der Waals surface area (Å²) in [6, 6.07) is 2.95. The van der Waals surface area contributed by atoms with E-state index in [1.807, 2.05) is 6.92 Å². The van der Waals surface area contributed by atoms with Gasteiger partial charge in [0.25, 0.3) is 0 Å². The molecule has 1 unspecified atom stereocenters. The van der Waals surface area contributed by atoms with Crippen LogP contribution >= 0.6 is 24.0 Å². The van der Waals surface area contributed by atoms with Crippen LogP contribution in [0.25, 0.3) is 0 Å². The zero-order chi connectivity index (χ0) is 16.0. The molecule has 0 amide bonds. The van der Waals surface area contributed by atoms with Crippen LogP contribution in [0.3, 0.4) is 0 Å². The van der Waals surface area contributed by atoms with Crippen LogP contribution in [0.1, 0.15) is 13.3 Å². The number of sulfonamides is 1. The van der Waals surface area contributed by atoms with E-state index in [0.717, 1.165) is 6.42 Å². The molecular weight excluding hydrogens is 363 g/mol. The average Bonchev–Trinajstić information content (AvgIpc) is 2.90. The molecule has 9 heteroatoms. The second-order valence-electron chi connectivity index (χ2n) is 6.03. The fourth-order valence-corrected chi connectivity index (χ4v) is 4.83. The minimum absolute atomic E-state index is 0. The Morgan fingerprint density at radius 3 is 2.48 bits per heavy atom. The van der Waals surface area contributed by atoms with Crippen LogP contribution in [0.4, 0.5) is 0 Å². The highest BCUT2D eigenvalue weighted by Gasteiger charge is 2.40. The molecule has 1 atom stereocenters. The number of rotatable bonds is 3. The summed E-state index contributed by atoms with van der Waals surface area (Å²) in [6.45, 7) is 4.11. The Morgan fingerprint density at radius 2 is 1.91 bits per heavy atom. The predicted molar refractivity (Wildman–Crippen MR) is 90.2 cm³/mol. The van der Waals surface area contributed by atoms with Gasteiger partial charge in [-0.2, -0.15) is 4.31 Å². The van der Waals surface area contributed by atoms with Crippen LogP contribution in [0.5, 0.6) is 11.5 Å². The third-order valence-electron chi connectivity index (χ3n) is 4.23. The standard InChI is InChI=1S/C14H19ClN2O4S.ClH/c1-14(8-16)2-3-17(9-14)22(18,19)13-7-12-11(6-10(13)15)20-4-5-21-12;/h6-7H,2-5,8-9,16H2,1H3;1H. The van der Waals surface area contributed by atoms with Crippen molar-refractivity contribution in [1.29, 1.82) is 0 Å². The first-order valence-electron chi connectivity index (χ1n) is 7.15. The number of fused-ring (bicyclic) bond motifs is 1. The van der Waals surface area contributed by atoms with Gasteiger partial charge in [-0.3, -0.25) is 0 Å². The minimum atomic E-state index is -3.67. The normalized spacial score (nSPS) is 24.3. The maximum Gasteiger partial charge on any atom is 0.244 e. The summed E-state index contributed by atoms with van der Waals surface area (Å²) in [6.07, 6.45) is 0.741. The van der Waals surface area contributed by atoms with Crippen molar-refractivity contribution >= 4 is 34.0 Å². The molecule has 0 aromatic heterocycles. The molecule has 0 radical (unpaired) electrons. The molecule has 3 rings (SSSR count). The Labute approximate surface area is 147 Å². The molecule has 2 aliphatic heterocycles. The van der Waals surface area contributed by atoms with Gasteiger partial charge in [0.2, 0.25) is 10.0 Å². The van der Waals surface area contributed by atoms with Gasteiger partial charge in [0.1, 0.15) is 18.1 Å². The molecule has 2 aliphatic rings. The van der Waals surface area contributed by atoms with E-state index in [-0.39, 0.29) is 27.7 Å². The molecule has 0 bridgehead atoms. The molecule has 2 N–H and O–H groups in total. The summed E-state index contributed by atoms with van der Waals surface area (Å²) in [7, 11) is -3.67. The van der Waals surface area contributed by atoms with Crippen LogP contribution in [0, 0.1) is 5.41 Å². The number of nitrogens with two attached hydrogens (primary N) is 1. The Kier molecular flexibility index (Phi) is 5.37. The van der Waals surface area contributed by atoms with E-state index in [1.54, 1.807) is 0 Å². The molecule has 0 aliphatic carbocycles. The lowest BCUT2D eigenvalue weighted by atomic mass is 9.90. The van der Waals surface area contributed by atoms with Gasteiger partial charge in [-0.15, -0.1) is 12.4 Å². The topological polar surface area (TPSA) is 81.9 Å². The monoisotopic (exact) mass is 382 g/mol. The van der Waals surface area contributed by atoms with Crippen LogP contribution in [0.2, 0.25) is 5.02 Å². The van der Waals surface area contributed by atoms with Crippen molar-refractivity contribution in [3.63, 3.8) is 0 Å². The van der Waals surface area contributed by atoms with E-state index < -0.39 is 10.0 Å². The number of nitrogens with zero attached hydrogens (tertiary/aromatic N) is 1. The minimum Gasteiger partial charge on any atom is -0.486 e. The lowest BCUT2D eigenvalue weighted by Crippen LogP contribution is -2.34. The van der Waals surface area contributed by atoms with E-state index in [1.165, 1.54) is 16.4 Å². The molecular formula is C14H20Cl2N2O4S. The third-order valence-corrected chi connectivity index (χ3v) is 6.54. The number of hydrogen-bond acceptors (Lipinski definition) is 5. The molecule has 130 valence electrons. The summed E-state index contributed by atoms with van der Waals surface area (Å²) in [5.41, 5.74) is 5.56. The van der Waals surface area contributed by atoms with Crippen molar-refractivity contribution < 1.29 is 17.9 Å². The highest BCUT2D eigenvalue weighted by atomic mass is 35.5. The molecule has 0 spiro atoms. The molecule has 0 saturated carbocycles. The highest BCUT2D eigenvalue weighted by Crippen LogP contribution is 2.40. The largest absolute Gasteiger partial charge is 0.486 e. The van der Waals surface area contributed by atoms with Gasteiger partial charge in [-0.05, 0) is 18.4 Å². The SMILES string of the molecule is CC1(CN)CCN(S(=O)(=O)c2cc3c(cc2Cl)OCCO3)C1.Cl. The van der Waals surface area contributed by atoms with E-state index in [4.69, 9.17) is 26.8 Å². The van der Waals surface area contributed by atoms with Crippen molar-refractivity contribution in [3.8, 4) is 11.5 Å². The first-order chi connectivity index (χ1) is 10.4. The van der Waals surface area contributed by atoms with Gasteiger partial charge in [0.05, 0.1) is 5.02 Å². The maximum atomic E-state index is 12.8. The Bertz CT molecular complexity index is 698. The molecule has 23 heavy (non-hydrogen) atoms. The molecule has 1 aromatic carbocycles. The average molecular weight is 383 g/mol. The summed E-state index contributed by atoms with van der Waals surface area (Å²) in [4.78, 5) is 0.0553. The smallest absolute Gasteiger partial charge is 0.244 e. The van der Waals surface area contributed by atoms with E-state index >= 15 is 0 Å². The van der Waals surface area contributed by atoms with Gasteiger partial charge >= 0.3 is 0 Å². The summed E-state index contributed by atoms with van der Waals surface area (Å²) < 4.78 is 38.0. The second-order valence-corrected chi connectivity index (χ2v) is 8.34. The fraction of sp³-hybridized carbons (Fsp3) is 0.571. The summed E-state index contributed by atoms with van der Waals surface area (Å²) in [5.74, 6) is 0.887. The molecule has 1 fully saturated rings. The van der Waals surface area contributed by atoms with Gasteiger partial charge in [0, 0.05) is 25.2 Å². The van der Waals surface area contributed by atoms with Crippen LogP contribution in [-0.2, 0) is 10.0 Å². The number of ether oxygens (including phenoxy) is 2. The molecule has 1 aromatic rings. The van der Waals surface area contributed by atoms with E-state index in [2.05, 4.69) is 0 Å². The van der Waals surface area contributed by atoms with Crippen molar-refractivity contribution in [2.45, 2.75) is 18.2 Å². The molecule has 2 heterocycles. The summed E-state index contributed by atoms with van der Waals surface area (Å²) in [5, 5.41) is 0.144. The maximum absolute atomic E-state index is 12.8. The lowest BCUT2D eigenvalue weighted by molar-refractivity contribution is 0.171. The number of halogens is 2. The zero-order valence-corrected chi connectivity index (χ0v) is 15.1. The second kappa shape index (κ2) is 6.64. The molecule has 6 nitrogen and oxygen atoms in total. The molecule has 1 saturated heterocycles. The Balaban J connectivity index is 0.00000192. The first kappa shape index (κ1) is 18.6. The van der Waals surface area contributed by atoms with Gasteiger partial charge in [0.15, 0.2) is 11.5 Å². The number of benzene rings is 1. The van der Waals surface area contributed by atoms with Crippen molar-refractivity contribution in [2.75, 3.05) is 32.8 Å². The summed E-state index contributed by atoms with van der Waals surface area (Å²) >= 11 is 6.16. The lowest BCUT2D eigenvalue weighted by Gasteiger charge is -2.24. The van der Waals surface area contributed by atoms with Gasteiger partial charge in [-0.1, -0.05) is 18.5 Å². The highest BCUT2D eigenvalue weighted by molar-refractivity contribution is 7.89. The van der Waals surface area contributed by atoms with E-state index in [0.29, 0.717) is 44.3 Å². The quantitative estimate of drug-likeness (QED) is 0.862. The van der Waals surface area contributed by atoms with Gasteiger partial charge < -0.3 is 15.2 Å². The van der Waals surface area contributed by atoms with Crippen LogP contribution in [0.15, 0.2) is 17.0 Å². The van der Waals surface area contributed by atoms with Crippen LogP contribution < -0.4 is 15.2 Å². The van der Waals surface area contributed by atoms with Crippen LogP contribution in [-0.4, -0.2) is 45.6 Å². The van der Waals surface area contributed by atoms with Crippen molar-refractivity contribution in [1.82, 2.24) is 4.31 Å². The fourth-order valence-electron chi connectivity index (χ4n) is 2.73. The Morgan fingerprint density at radius 1 is 1.30 bits per heavy atom. The van der Waals surface area contributed by atoms with E-state index in [9.17, 15) is 8.42 Å².